The van der Waals surface area contributed by atoms with Crippen molar-refractivity contribution in [1.82, 2.24) is 4.90 Å². The Kier molecular flexibility index (Phi) is 6.09. The first kappa shape index (κ1) is 25.0. The van der Waals surface area contributed by atoms with Crippen molar-refractivity contribution in [3.63, 3.8) is 0 Å². The van der Waals surface area contributed by atoms with E-state index in [0.29, 0.717) is 35.3 Å². The molecule has 1 N–H and O–H groups in total. The van der Waals surface area contributed by atoms with Crippen LogP contribution >= 0.6 is 0 Å². The summed E-state index contributed by atoms with van der Waals surface area (Å²) in [7, 11) is 0. The normalized spacial score (nSPS) is 26.2. The average Bonchev–Trinajstić information content (AvgIpc) is 3.17. The summed E-state index contributed by atoms with van der Waals surface area (Å²) in [5, 5.41) is 11.2. The van der Waals surface area contributed by atoms with Gasteiger partial charge in [0.15, 0.2) is 23.1 Å². The number of phenolic OH excluding ortho intramolecular Hbond substituents is 1. The number of fused-ring (bicyclic) bond motifs is 3. The summed E-state index contributed by atoms with van der Waals surface area (Å²) in [5.74, 6) is -3.07. The van der Waals surface area contributed by atoms with Crippen molar-refractivity contribution in [1.29, 1.82) is 0 Å². The van der Waals surface area contributed by atoms with E-state index >= 15 is 0 Å². The minimum atomic E-state index is -0.716. The molecule has 4 atom stereocenters. The topological polar surface area (TPSA) is 101 Å². The summed E-state index contributed by atoms with van der Waals surface area (Å²) >= 11 is 0. The Morgan fingerprint density at radius 3 is 2.49 bits per heavy atom. The van der Waals surface area contributed by atoms with Crippen LogP contribution in [0.5, 0.6) is 11.5 Å². The fourth-order valence-corrected chi connectivity index (χ4v) is 6.77. The van der Waals surface area contributed by atoms with E-state index in [2.05, 4.69) is 0 Å². The smallest absolute Gasteiger partial charge is 0.234 e. The molecular weight excluding hydrogens is 494 g/mol. The molecule has 7 nitrogen and oxygen atoms in total. The molecule has 0 bridgehead atoms. The summed E-state index contributed by atoms with van der Waals surface area (Å²) in [6.07, 6.45) is 3.87. The van der Waals surface area contributed by atoms with Crippen LogP contribution in [0.25, 0.3) is 0 Å². The number of ether oxygens (including phenoxy) is 1. The number of nitrogens with zero attached hydrogens (tertiary/aromatic N) is 1. The van der Waals surface area contributed by atoms with Crippen LogP contribution in [0, 0.1) is 17.8 Å². The molecule has 1 aliphatic heterocycles. The standard InChI is InChI=1S/C32H29NO6/c1-3-39-25-11-7-10-20(30(25)36)26-19-12-13-21-27(22(19)15-23-28(26)24(34)14-17(2)29(23)35)32(38)33(31(21)37)16-18-8-5-4-6-9-18/h4-12,14,21-22,26-27,36H,3,13,15-16H2,1-2H3. The Morgan fingerprint density at radius 1 is 0.974 bits per heavy atom. The number of carbonyl (C=O) groups excluding carboxylic acids is 4. The Bertz CT molecular complexity index is 1510. The molecule has 2 aromatic carbocycles. The van der Waals surface area contributed by atoms with Crippen LogP contribution in [0.3, 0.4) is 0 Å². The van der Waals surface area contributed by atoms with Gasteiger partial charge in [0.2, 0.25) is 11.8 Å². The number of aromatic hydroxyl groups is 1. The van der Waals surface area contributed by atoms with E-state index in [9.17, 15) is 24.3 Å². The lowest BCUT2D eigenvalue weighted by atomic mass is 9.59. The van der Waals surface area contributed by atoms with Crippen LogP contribution in [-0.2, 0) is 25.7 Å². The van der Waals surface area contributed by atoms with Gasteiger partial charge in [-0.15, -0.1) is 0 Å². The predicted molar refractivity (Wildman–Crippen MR) is 143 cm³/mol. The van der Waals surface area contributed by atoms with Crippen LogP contribution in [0.1, 0.15) is 43.7 Å². The van der Waals surface area contributed by atoms with Gasteiger partial charge >= 0.3 is 0 Å². The Hall–Kier alpha value is -4.26. The zero-order valence-electron chi connectivity index (χ0n) is 21.8. The average molecular weight is 524 g/mol. The summed E-state index contributed by atoms with van der Waals surface area (Å²) < 4.78 is 5.62. The monoisotopic (exact) mass is 523 g/mol. The maximum absolute atomic E-state index is 13.9. The molecule has 198 valence electrons. The largest absolute Gasteiger partial charge is 0.504 e. The van der Waals surface area contributed by atoms with Gasteiger partial charge in [0.05, 0.1) is 25.0 Å². The highest BCUT2D eigenvalue weighted by Gasteiger charge is 2.56. The first-order chi connectivity index (χ1) is 18.8. The second-order valence-corrected chi connectivity index (χ2v) is 10.6. The van der Waals surface area contributed by atoms with Gasteiger partial charge in [-0.3, -0.25) is 24.1 Å². The molecule has 0 aromatic heterocycles. The summed E-state index contributed by atoms with van der Waals surface area (Å²) in [6, 6.07) is 14.5. The fourth-order valence-electron chi connectivity index (χ4n) is 6.77. The molecule has 7 heteroatoms. The molecule has 39 heavy (non-hydrogen) atoms. The van der Waals surface area contributed by atoms with E-state index in [0.717, 1.165) is 11.1 Å². The minimum absolute atomic E-state index is 0.0917. The Labute approximate surface area is 226 Å². The van der Waals surface area contributed by atoms with E-state index in [-0.39, 0.29) is 47.8 Å². The van der Waals surface area contributed by atoms with Gasteiger partial charge in [0.25, 0.3) is 0 Å². The maximum atomic E-state index is 13.9. The third kappa shape index (κ3) is 3.87. The van der Waals surface area contributed by atoms with E-state index < -0.39 is 23.7 Å². The lowest BCUT2D eigenvalue weighted by Gasteiger charge is -2.42. The number of amides is 2. The predicted octanol–water partition coefficient (Wildman–Crippen LogP) is 4.42. The molecule has 4 aliphatic rings. The summed E-state index contributed by atoms with van der Waals surface area (Å²) in [5.41, 5.74) is 3.18. The van der Waals surface area contributed by atoms with Gasteiger partial charge in [0.1, 0.15) is 0 Å². The van der Waals surface area contributed by atoms with Crippen molar-refractivity contribution in [2.75, 3.05) is 6.61 Å². The number of carbonyl (C=O) groups is 4. The number of imide groups is 1. The number of para-hydroxylation sites is 1. The van der Waals surface area contributed by atoms with Crippen molar-refractivity contribution in [3.05, 3.63) is 94.1 Å². The molecular formula is C32H29NO6. The lowest BCUT2D eigenvalue weighted by Crippen LogP contribution is -2.39. The zero-order chi connectivity index (χ0) is 27.4. The van der Waals surface area contributed by atoms with E-state index in [1.54, 1.807) is 25.1 Å². The first-order valence-corrected chi connectivity index (χ1v) is 13.4. The van der Waals surface area contributed by atoms with Gasteiger partial charge in [-0.2, -0.15) is 0 Å². The number of hydrogen-bond donors (Lipinski definition) is 1. The summed E-state index contributed by atoms with van der Waals surface area (Å²) in [4.78, 5) is 55.5. The van der Waals surface area contributed by atoms with E-state index in [4.69, 9.17) is 4.74 Å². The number of Topliss-reactive ketones (excluding diaryl/α,β-unsaturated/α-hetero) is 1. The Morgan fingerprint density at radius 2 is 1.74 bits per heavy atom. The molecule has 2 aromatic rings. The SMILES string of the molecule is CCOc1cccc(C2C3=CCC4C(=O)N(Cc5ccccc5)C(=O)C4C3CC3=C2C(=O)C=C(C)C3=O)c1O. The molecule has 6 rings (SSSR count). The number of likely N-dealkylation sites (tertiary alicyclic amines) is 1. The van der Waals surface area contributed by atoms with Crippen molar-refractivity contribution in [3.8, 4) is 11.5 Å². The molecule has 0 radical (unpaired) electrons. The molecule has 1 heterocycles. The highest BCUT2D eigenvalue weighted by molar-refractivity contribution is 6.23. The molecule has 1 fully saturated rings. The number of ketones is 2. The van der Waals surface area contributed by atoms with E-state index in [1.807, 2.05) is 43.3 Å². The molecule has 0 spiro atoms. The van der Waals surface area contributed by atoms with Crippen LogP contribution in [0.15, 0.2) is 83.0 Å². The third-order valence-corrected chi connectivity index (χ3v) is 8.48. The van der Waals surface area contributed by atoms with Gasteiger partial charge in [-0.05, 0) is 50.3 Å². The highest BCUT2D eigenvalue weighted by Crippen LogP contribution is 2.56. The van der Waals surface area contributed by atoms with Crippen molar-refractivity contribution < 1.29 is 29.0 Å². The first-order valence-electron chi connectivity index (χ1n) is 13.4. The number of allylic oxidation sites excluding steroid dienone is 6. The van der Waals surface area contributed by atoms with Crippen molar-refractivity contribution >= 4 is 23.4 Å². The molecule has 0 saturated carbocycles. The van der Waals surface area contributed by atoms with Crippen LogP contribution in [0.4, 0.5) is 0 Å². The number of hydrogen-bond acceptors (Lipinski definition) is 6. The van der Waals surface area contributed by atoms with Crippen molar-refractivity contribution in [2.45, 2.75) is 39.2 Å². The third-order valence-electron chi connectivity index (χ3n) is 8.48. The lowest BCUT2D eigenvalue weighted by molar-refractivity contribution is -0.140. The van der Waals surface area contributed by atoms with Gasteiger partial charge < -0.3 is 9.84 Å². The van der Waals surface area contributed by atoms with Crippen LogP contribution < -0.4 is 4.74 Å². The summed E-state index contributed by atoms with van der Waals surface area (Å²) in [6.45, 7) is 3.97. The molecule has 2 amide bonds. The van der Waals surface area contributed by atoms with Gasteiger partial charge in [0, 0.05) is 28.2 Å². The quantitative estimate of drug-likeness (QED) is 0.354. The van der Waals surface area contributed by atoms with E-state index in [1.165, 1.54) is 11.0 Å². The minimum Gasteiger partial charge on any atom is -0.504 e. The van der Waals surface area contributed by atoms with Crippen LogP contribution in [0.2, 0.25) is 0 Å². The van der Waals surface area contributed by atoms with Crippen LogP contribution in [-0.4, -0.2) is 40.0 Å². The second kappa shape index (κ2) is 9.49. The van der Waals surface area contributed by atoms with Crippen molar-refractivity contribution in [2.24, 2.45) is 17.8 Å². The van der Waals surface area contributed by atoms with Gasteiger partial charge in [-0.25, -0.2) is 0 Å². The fraction of sp³-hybridized carbons (Fsp3) is 0.312. The molecule has 1 saturated heterocycles. The number of benzene rings is 2. The highest BCUT2D eigenvalue weighted by atomic mass is 16.5. The number of rotatable bonds is 5. The van der Waals surface area contributed by atoms with Gasteiger partial charge in [-0.1, -0.05) is 54.1 Å². The second-order valence-electron chi connectivity index (χ2n) is 10.6. The number of phenols is 1. The Balaban J connectivity index is 1.46. The molecule has 4 unspecified atom stereocenters. The maximum Gasteiger partial charge on any atom is 0.234 e. The molecule has 3 aliphatic carbocycles. The zero-order valence-corrected chi connectivity index (χ0v) is 21.8.